The van der Waals surface area contributed by atoms with E-state index in [9.17, 15) is 14.7 Å². The van der Waals surface area contributed by atoms with Crippen LogP contribution in [0, 0.1) is 17.7 Å². The molecule has 0 saturated carbocycles. The van der Waals surface area contributed by atoms with E-state index < -0.39 is 17.2 Å². The van der Waals surface area contributed by atoms with E-state index in [4.69, 9.17) is 5.73 Å². The van der Waals surface area contributed by atoms with Crippen molar-refractivity contribution in [2.75, 3.05) is 18.0 Å². The summed E-state index contributed by atoms with van der Waals surface area (Å²) in [7, 11) is 0. The van der Waals surface area contributed by atoms with Gasteiger partial charge in [0.2, 0.25) is 5.43 Å². The van der Waals surface area contributed by atoms with Crippen molar-refractivity contribution < 1.29 is 14.3 Å². The third-order valence-electron chi connectivity index (χ3n) is 6.57. The SMILES string of the molecule is NC1C=CCC2CN(c3c(F)cc4c(=O)c(C(=O)O)c5scc6n5c4c3SC6)CC12. The van der Waals surface area contributed by atoms with Gasteiger partial charge >= 0.3 is 5.97 Å². The Morgan fingerprint density at radius 2 is 2.17 bits per heavy atom. The Hall–Kier alpha value is -2.36. The van der Waals surface area contributed by atoms with Crippen molar-refractivity contribution >= 4 is 50.5 Å². The van der Waals surface area contributed by atoms with Gasteiger partial charge in [0.15, 0.2) is 0 Å². The fraction of sp³-hybridized carbons (Fsp3) is 0.333. The molecule has 154 valence electrons. The number of aromatic carboxylic acids is 1. The molecule has 6 rings (SSSR count). The highest BCUT2D eigenvalue weighted by molar-refractivity contribution is 7.99. The summed E-state index contributed by atoms with van der Waals surface area (Å²) in [5.41, 5.74) is 7.45. The highest BCUT2D eigenvalue weighted by Gasteiger charge is 2.39. The molecule has 3 N–H and O–H groups in total. The summed E-state index contributed by atoms with van der Waals surface area (Å²) in [5.74, 6) is -0.494. The number of nitrogens with zero attached hydrogens (tertiary/aromatic N) is 2. The number of anilines is 1. The molecular weight excluding hydrogens is 425 g/mol. The van der Waals surface area contributed by atoms with Gasteiger partial charge in [-0.2, -0.15) is 0 Å². The predicted octanol–water partition coefficient (Wildman–Crippen LogP) is 3.30. The van der Waals surface area contributed by atoms with Crippen LogP contribution >= 0.6 is 23.1 Å². The van der Waals surface area contributed by atoms with Gasteiger partial charge in [-0.3, -0.25) is 4.79 Å². The largest absolute Gasteiger partial charge is 0.477 e. The van der Waals surface area contributed by atoms with Crippen LogP contribution in [0.5, 0.6) is 0 Å². The summed E-state index contributed by atoms with van der Waals surface area (Å²) < 4.78 is 17.3. The average molecular weight is 444 g/mol. The molecule has 1 aliphatic carbocycles. The van der Waals surface area contributed by atoms with Crippen molar-refractivity contribution in [3.63, 3.8) is 0 Å². The maximum atomic E-state index is 15.5. The van der Waals surface area contributed by atoms with Gasteiger partial charge in [0.25, 0.3) is 0 Å². The number of fused-ring (bicyclic) bond motifs is 1. The highest BCUT2D eigenvalue weighted by atomic mass is 32.2. The van der Waals surface area contributed by atoms with Crippen molar-refractivity contribution in [2.45, 2.75) is 23.1 Å². The van der Waals surface area contributed by atoms with Gasteiger partial charge in [0.1, 0.15) is 16.2 Å². The van der Waals surface area contributed by atoms with Crippen LogP contribution in [0.15, 0.2) is 33.3 Å². The standard InChI is InChI=1S/C21H18FN3O3S2/c22-13-4-11-16-19(17(13)24-5-9-2-1-3-14(23)12(9)6-24)29-7-10-8-30-20(25(10)16)15(18(11)26)21(27)28/h1,3-4,8-9,12,14H,2,5-7,23H2,(H,27,28). The fourth-order valence-corrected chi connectivity index (χ4v) is 7.55. The predicted molar refractivity (Wildman–Crippen MR) is 116 cm³/mol. The van der Waals surface area contributed by atoms with E-state index in [1.807, 2.05) is 15.9 Å². The lowest BCUT2D eigenvalue weighted by Gasteiger charge is -2.27. The third-order valence-corrected chi connectivity index (χ3v) is 8.68. The molecule has 3 unspecified atom stereocenters. The van der Waals surface area contributed by atoms with Crippen LogP contribution < -0.4 is 16.1 Å². The van der Waals surface area contributed by atoms with E-state index in [1.165, 1.54) is 29.2 Å². The molecule has 3 aliphatic rings. The molecule has 6 nitrogen and oxygen atoms in total. The van der Waals surface area contributed by atoms with E-state index in [-0.39, 0.29) is 22.9 Å². The number of thioether (sulfide) groups is 1. The molecule has 9 heteroatoms. The van der Waals surface area contributed by atoms with Crippen LogP contribution in [0.25, 0.3) is 15.7 Å². The van der Waals surface area contributed by atoms with Crippen LogP contribution in [-0.2, 0) is 5.75 Å². The summed E-state index contributed by atoms with van der Waals surface area (Å²) in [5, 5.41) is 11.6. The molecule has 4 heterocycles. The second kappa shape index (κ2) is 6.32. The number of thiazole rings is 1. The van der Waals surface area contributed by atoms with Gasteiger partial charge in [-0.1, -0.05) is 12.2 Å². The van der Waals surface area contributed by atoms with Crippen LogP contribution in [-0.4, -0.2) is 34.6 Å². The summed E-state index contributed by atoms with van der Waals surface area (Å²) >= 11 is 2.77. The maximum absolute atomic E-state index is 15.5. The number of allylic oxidation sites excluding steroid dienone is 1. The van der Waals surface area contributed by atoms with E-state index in [1.54, 1.807) is 0 Å². The smallest absolute Gasteiger partial charge is 0.342 e. The summed E-state index contributed by atoms with van der Waals surface area (Å²) in [6, 6.07) is 1.19. The third kappa shape index (κ3) is 2.34. The molecule has 1 aromatic carbocycles. The topological polar surface area (TPSA) is 88.0 Å². The first-order chi connectivity index (χ1) is 14.5. The minimum Gasteiger partial charge on any atom is -0.477 e. The average Bonchev–Trinajstić information content (AvgIpc) is 3.32. The first kappa shape index (κ1) is 18.4. The molecule has 0 spiro atoms. The number of hydrogen-bond donors (Lipinski definition) is 2. The normalized spacial score (nSPS) is 24.9. The quantitative estimate of drug-likeness (QED) is 0.591. The Morgan fingerprint density at radius 3 is 2.93 bits per heavy atom. The molecular formula is C21H18FN3O3S2. The number of benzene rings is 1. The highest BCUT2D eigenvalue weighted by Crippen LogP contribution is 2.47. The second-order valence-corrected chi connectivity index (χ2v) is 10.0. The van der Waals surface area contributed by atoms with Gasteiger partial charge < -0.3 is 20.1 Å². The lowest BCUT2D eigenvalue weighted by atomic mass is 9.83. The molecule has 2 aromatic heterocycles. The maximum Gasteiger partial charge on any atom is 0.342 e. The minimum absolute atomic E-state index is 0.0304. The summed E-state index contributed by atoms with van der Waals surface area (Å²) in [6.07, 6.45) is 5.08. The zero-order valence-corrected chi connectivity index (χ0v) is 17.4. The van der Waals surface area contributed by atoms with E-state index in [0.717, 1.165) is 23.6 Å². The van der Waals surface area contributed by atoms with Gasteiger partial charge in [0.05, 0.1) is 21.5 Å². The fourth-order valence-electron chi connectivity index (χ4n) is 5.19. The molecule has 0 bridgehead atoms. The molecule has 1 saturated heterocycles. The van der Waals surface area contributed by atoms with Gasteiger partial charge in [-0.05, 0) is 24.3 Å². The van der Waals surface area contributed by atoms with E-state index in [0.29, 0.717) is 34.2 Å². The van der Waals surface area contributed by atoms with Crippen LogP contribution in [0.1, 0.15) is 22.5 Å². The molecule has 3 aromatic rings. The van der Waals surface area contributed by atoms with Crippen LogP contribution in [0.2, 0.25) is 0 Å². The lowest BCUT2D eigenvalue weighted by Crippen LogP contribution is -2.35. The van der Waals surface area contributed by atoms with Crippen LogP contribution in [0.3, 0.4) is 0 Å². The number of carbonyl (C=O) groups is 1. The Balaban J connectivity index is 1.63. The number of pyridine rings is 1. The molecule has 1 fully saturated rings. The van der Waals surface area contributed by atoms with Gasteiger partial charge in [-0.25, -0.2) is 9.18 Å². The molecule has 30 heavy (non-hydrogen) atoms. The van der Waals surface area contributed by atoms with Crippen molar-refractivity contribution in [2.24, 2.45) is 17.6 Å². The molecule has 3 atom stereocenters. The van der Waals surface area contributed by atoms with Crippen molar-refractivity contribution in [3.8, 4) is 0 Å². The van der Waals surface area contributed by atoms with E-state index >= 15 is 4.39 Å². The number of carboxylic acid groups (broad SMARTS) is 1. The minimum atomic E-state index is -1.28. The van der Waals surface area contributed by atoms with Crippen molar-refractivity contribution in [1.29, 1.82) is 0 Å². The number of hydrogen-bond acceptors (Lipinski definition) is 6. The molecule has 0 amide bonds. The Kier molecular flexibility index (Phi) is 3.88. The second-order valence-electron chi connectivity index (χ2n) is 8.17. The van der Waals surface area contributed by atoms with Crippen molar-refractivity contribution in [1.82, 2.24) is 4.40 Å². The zero-order chi connectivity index (χ0) is 20.7. The van der Waals surface area contributed by atoms with Crippen molar-refractivity contribution in [3.05, 3.63) is 50.9 Å². The van der Waals surface area contributed by atoms with Gasteiger partial charge in [-0.15, -0.1) is 23.1 Å². The first-order valence-electron chi connectivity index (χ1n) is 9.80. The number of halogens is 1. The monoisotopic (exact) mass is 443 g/mol. The Morgan fingerprint density at radius 1 is 1.33 bits per heavy atom. The number of aromatic nitrogens is 1. The van der Waals surface area contributed by atoms with Crippen LogP contribution in [0.4, 0.5) is 10.1 Å². The van der Waals surface area contributed by atoms with E-state index in [2.05, 4.69) is 11.0 Å². The zero-order valence-electron chi connectivity index (χ0n) is 15.8. The van der Waals surface area contributed by atoms with Gasteiger partial charge in [0, 0.05) is 36.0 Å². The number of rotatable bonds is 2. The lowest BCUT2D eigenvalue weighted by molar-refractivity contribution is 0.0697. The Labute approximate surface area is 178 Å². The number of carboxylic acids is 1. The Bertz CT molecular complexity index is 1350. The molecule has 0 radical (unpaired) electrons. The number of nitrogens with two attached hydrogens (primary N) is 1. The first-order valence-corrected chi connectivity index (χ1v) is 11.7. The molecule has 2 aliphatic heterocycles. The summed E-state index contributed by atoms with van der Waals surface area (Å²) in [4.78, 5) is 28.0. The summed E-state index contributed by atoms with van der Waals surface area (Å²) in [6.45, 7) is 1.40.